The molecule has 138 valence electrons. The molecule has 1 N–H and O–H groups in total. The molecule has 1 aliphatic rings. The summed E-state index contributed by atoms with van der Waals surface area (Å²) < 4.78 is 38.4. The Balaban J connectivity index is 1.51. The second-order valence-electron chi connectivity index (χ2n) is 6.31. The molecular formula is C18H19F3N4O. The van der Waals surface area contributed by atoms with E-state index in [0.717, 1.165) is 18.9 Å². The number of aromatic nitrogens is 2. The Morgan fingerprint density at radius 3 is 2.65 bits per heavy atom. The van der Waals surface area contributed by atoms with Gasteiger partial charge in [0.2, 0.25) is 0 Å². The zero-order valence-corrected chi connectivity index (χ0v) is 14.0. The number of piperidine rings is 1. The number of nitrogens with one attached hydrogen (secondary N) is 1. The normalized spacial score (nSPS) is 16.4. The van der Waals surface area contributed by atoms with E-state index in [0.29, 0.717) is 25.2 Å². The number of carbonyl (C=O) groups excluding carboxylic acids is 1. The average molecular weight is 364 g/mol. The Labute approximate surface area is 149 Å². The van der Waals surface area contributed by atoms with Crippen LogP contribution in [0.4, 0.5) is 13.2 Å². The molecule has 8 heteroatoms. The number of likely N-dealkylation sites (tertiary alicyclic amines) is 1. The predicted octanol–water partition coefficient (Wildman–Crippen LogP) is 2.89. The van der Waals surface area contributed by atoms with Crippen LogP contribution in [0.3, 0.4) is 0 Å². The third-order valence-corrected chi connectivity index (χ3v) is 4.38. The summed E-state index contributed by atoms with van der Waals surface area (Å²) in [5.74, 6) is -0.255. The molecule has 1 aliphatic heterocycles. The van der Waals surface area contributed by atoms with Crippen LogP contribution in [0, 0.1) is 0 Å². The van der Waals surface area contributed by atoms with Gasteiger partial charge < -0.3 is 5.32 Å². The monoisotopic (exact) mass is 364 g/mol. The van der Waals surface area contributed by atoms with Gasteiger partial charge in [0.05, 0.1) is 11.8 Å². The van der Waals surface area contributed by atoms with E-state index in [1.165, 1.54) is 30.7 Å². The first-order valence-electron chi connectivity index (χ1n) is 8.37. The van der Waals surface area contributed by atoms with Crippen LogP contribution in [0.15, 0.2) is 42.9 Å². The van der Waals surface area contributed by atoms with Crippen molar-refractivity contribution in [2.24, 2.45) is 0 Å². The molecule has 0 unspecified atom stereocenters. The van der Waals surface area contributed by atoms with Crippen molar-refractivity contribution in [1.29, 1.82) is 0 Å². The van der Waals surface area contributed by atoms with E-state index < -0.39 is 11.7 Å². The van der Waals surface area contributed by atoms with Gasteiger partial charge in [-0.25, -0.2) is 4.98 Å². The molecule has 1 fully saturated rings. The Morgan fingerprint density at radius 2 is 2.00 bits per heavy atom. The molecule has 1 aromatic heterocycles. The standard InChI is InChI=1S/C18H19F3N4O/c19-18(20,21)14-3-1-2-13(10-14)12-25-8-4-15(5-9-25)24-17(26)16-11-22-6-7-23-16/h1-3,6-7,10-11,15H,4-5,8-9,12H2,(H,24,26). The number of hydrogen-bond acceptors (Lipinski definition) is 4. The minimum Gasteiger partial charge on any atom is -0.348 e. The van der Waals surface area contributed by atoms with Crippen LogP contribution in [0.1, 0.15) is 34.5 Å². The summed E-state index contributed by atoms with van der Waals surface area (Å²) in [6.07, 6.45) is 1.54. The first-order valence-corrected chi connectivity index (χ1v) is 8.37. The van der Waals surface area contributed by atoms with Crippen LogP contribution < -0.4 is 5.32 Å². The topological polar surface area (TPSA) is 58.1 Å². The van der Waals surface area contributed by atoms with Crippen molar-refractivity contribution in [3.63, 3.8) is 0 Å². The molecule has 1 aromatic carbocycles. The van der Waals surface area contributed by atoms with Gasteiger partial charge in [0.25, 0.3) is 5.91 Å². The van der Waals surface area contributed by atoms with E-state index in [9.17, 15) is 18.0 Å². The number of amides is 1. The Hall–Kier alpha value is -2.48. The molecule has 0 atom stereocenters. The number of halogens is 3. The summed E-state index contributed by atoms with van der Waals surface area (Å²) in [7, 11) is 0. The summed E-state index contributed by atoms with van der Waals surface area (Å²) in [4.78, 5) is 22.0. The molecule has 0 bridgehead atoms. The highest BCUT2D eigenvalue weighted by molar-refractivity contribution is 5.92. The lowest BCUT2D eigenvalue weighted by Crippen LogP contribution is -2.44. The highest BCUT2D eigenvalue weighted by atomic mass is 19.4. The number of hydrogen-bond donors (Lipinski definition) is 1. The summed E-state index contributed by atoms with van der Waals surface area (Å²) in [6, 6.07) is 5.45. The fourth-order valence-electron chi connectivity index (χ4n) is 3.02. The van der Waals surface area contributed by atoms with Gasteiger partial charge >= 0.3 is 6.18 Å². The van der Waals surface area contributed by atoms with Crippen molar-refractivity contribution in [2.75, 3.05) is 13.1 Å². The number of alkyl halides is 3. The quantitative estimate of drug-likeness (QED) is 0.906. The second kappa shape index (κ2) is 7.82. The largest absolute Gasteiger partial charge is 0.416 e. The van der Waals surface area contributed by atoms with Crippen LogP contribution in [-0.2, 0) is 12.7 Å². The third-order valence-electron chi connectivity index (χ3n) is 4.38. The molecule has 2 heterocycles. The van der Waals surface area contributed by atoms with Crippen molar-refractivity contribution >= 4 is 5.91 Å². The maximum atomic E-state index is 12.8. The first kappa shape index (κ1) is 18.3. The molecule has 1 amide bonds. The molecule has 1 saturated heterocycles. The average Bonchev–Trinajstić information content (AvgIpc) is 2.63. The van der Waals surface area contributed by atoms with Crippen molar-refractivity contribution in [2.45, 2.75) is 31.6 Å². The molecule has 5 nitrogen and oxygen atoms in total. The Kier molecular flexibility index (Phi) is 5.51. The maximum absolute atomic E-state index is 12.8. The lowest BCUT2D eigenvalue weighted by atomic mass is 10.0. The second-order valence-corrected chi connectivity index (χ2v) is 6.31. The van der Waals surface area contributed by atoms with Gasteiger partial charge in [-0.15, -0.1) is 0 Å². The van der Waals surface area contributed by atoms with Crippen LogP contribution in [0.5, 0.6) is 0 Å². The zero-order valence-electron chi connectivity index (χ0n) is 14.0. The zero-order chi connectivity index (χ0) is 18.6. The number of carbonyl (C=O) groups is 1. The van der Waals surface area contributed by atoms with Crippen LogP contribution in [0.25, 0.3) is 0 Å². The number of benzene rings is 1. The minimum absolute atomic E-state index is 0.0299. The van der Waals surface area contributed by atoms with E-state index in [1.807, 2.05) is 0 Å². The molecule has 0 spiro atoms. The summed E-state index contributed by atoms with van der Waals surface area (Å²) in [6.45, 7) is 1.89. The molecule has 0 aliphatic carbocycles. The SMILES string of the molecule is O=C(NC1CCN(Cc2cccc(C(F)(F)F)c2)CC1)c1cnccn1. The summed E-state index contributed by atoms with van der Waals surface area (Å²) >= 11 is 0. The Morgan fingerprint density at radius 1 is 1.23 bits per heavy atom. The van der Waals surface area contributed by atoms with Crippen LogP contribution >= 0.6 is 0 Å². The minimum atomic E-state index is -4.33. The smallest absolute Gasteiger partial charge is 0.348 e. The first-order chi connectivity index (χ1) is 12.4. The third kappa shape index (κ3) is 4.78. The lowest BCUT2D eigenvalue weighted by molar-refractivity contribution is -0.137. The van der Waals surface area contributed by atoms with Gasteiger partial charge in [0.1, 0.15) is 5.69 Å². The molecular weight excluding hydrogens is 345 g/mol. The Bertz CT molecular complexity index is 744. The van der Waals surface area contributed by atoms with Gasteiger partial charge in [-0.05, 0) is 24.5 Å². The van der Waals surface area contributed by atoms with E-state index in [4.69, 9.17) is 0 Å². The van der Waals surface area contributed by atoms with E-state index in [-0.39, 0.29) is 17.6 Å². The van der Waals surface area contributed by atoms with Gasteiger partial charge in [-0.1, -0.05) is 18.2 Å². The number of rotatable bonds is 4. The highest BCUT2D eigenvalue weighted by Crippen LogP contribution is 2.30. The molecule has 26 heavy (non-hydrogen) atoms. The van der Waals surface area contributed by atoms with Gasteiger partial charge in [0.15, 0.2) is 0 Å². The molecule has 0 radical (unpaired) electrons. The summed E-state index contributed by atoms with van der Waals surface area (Å²) in [5, 5.41) is 2.93. The van der Waals surface area contributed by atoms with Crippen LogP contribution in [-0.4, -0.2) is 39.9 Å². The van der Waals surface area contributed by atoms with Crippen LogP contribution in [0.2, 0.25) is 0 Å². The molecule has 2 aromatic rings. The van der Waals surface area contributed by atoms with Gasteiger partial charge in [-0.2, -0.15) is 13.2 Å². The maximum Gasteiger partial charge on any atom is 0.416 e. The fraction of sp³-hybridized carbons (Fsp3) is 0.389. The van der Waals surface area contributed by atoms with Gasteiger partial charge in [-0.3, -0.25) is 14.7 Å². The number of nitrogens with zero attached hydrogens (tertiary/aromatic N) is 3. The van der Waals surface area contributed by atoms with Gasteiger partial charge in [0, 0.05) is 38.1 Å². The fourth-order valence-corrected chi connectivity index (χ4v) is 3.02. The molecule has 3 rings (SSSR count). The van der Waals surface area contributed by atoms with Crippen molar-refractivity contribution in [3.8, 4) is 0 Å². The van der Waals surface area contributed by atoms with Crippen molar-refractivity contribution in [1.82, 2.24) is 20.2 Å². The van der Waals surface area contributed by atoms with E-state index >= 15 is 0 Å². The summed E-state index contributed by atoms with van der Waals surface area (Å²) in [5.41, 5.74) is 0.293. The van der Waals surface area contributed by atoms with E-state index in [1.54, 1.807) is 6.07 Å². The lowest BCUT2D eigenvalue weighted by Gasteiger charge is -2.32. The van der Waals surface area contributed by atoms with Crippen molar-refractivity contribution in [3.05, 3.63) is 59.7 Å². The highest BCUT2D eigenvalue weighted by Gasteiger charge is 2.30. The van der Waals surface area contributed by atoms with E-state index in [2.05, 4.69) is 20.2 Å². The molecule has 0 saturated carbocycles. The predicted molar refractivity (Wildman–Crippen MR) is 89.2 cm³/mol. The van der Waals surface area contributed by atoms with Crippen molar-refractivity contribution < 1.29 is 18.0 Å².